The van der Waals surface area contributed by atoms with Crippen molar-refractivity contribution < 1.29 is 9.84 Å². The summed E-state index contributed by atoms with van der Waals surface area (Å²) >= 11 is 0. The number of hydrogen-bond donors (Lipinski definition) is 1. The average molecular weight is 287 g/mol. The Kier molecular flexibility index (Phi) is 3.68. The van der Waals surface area contributed by atoms with Crippen LogP contribution < -0.4 is 9.64 Å². The van der Waals surface area contributed by atoms with Gasteiger partial charge >= 0.3 is 0 Å². The molecule has 5 nitrogen and oxygen atoms in total. The van der Waals surface area contributed by atoms with Gasteiger partial charge in [0.05, 0.1) is 13.7 Å². The SMILES string of the molecule is COc1cccc2c(N3CCC[C@@](C)(CO)C3)ncnc12. The van der Waals surface area contributed by atoms with Crippen LogP contribution in [0.2, 0.25) is 0 Å². The molecule has 5 heteroatoms. The predicted molar refractivity (Wildman–Crippen MR) is 82.7 cm³/mol. The van der Waals surface area contributed by atoms with Crippen LogP contribution in [0.15, 0.2) is 24.5 Å². The van der Waals surface area contributed by atoms with E-state index in [1.165, 1.54) is 0 Å². The minimum absolute atomic E-state index is 0.0611. The topological polar surface area (TPSA) is 58.5 Å². The van der Waals surface area contributed by atoms with E-state index in [1.807, 2.05) is 18.2 Å². The molecule has 0 spiro atoms. The normalized spacial score (nSPS) is 22.5. The molecular weight excluding hydrogens is 266 g/mol. The number of hydrogen-bond acceptors (Lipinski definition) is 5. The van der Waals surface area contributed by atoms with E-state index in [-0.39, 0.29) is 12.0 Å². The molecule has 2 heterocycles. The van der Waals surface area contributed by atoms with E-state index in [2.05, 4.69) is 21.8 Å². The Morgan fingerprint density at radius 3 is 3.00 bits per heavy atom. The number of para-hydroxylation sites is 1. The van der Waals surface area contributed by atoms with Gasteiger partial charge < -0.3 is 14.7 Å². The largest absolute Gasteiger partial charge is 0.494 e. The molecule has 0 saturated carbocycles. The van der Waals surface area contributed by atoms with E-state index in [9.17, 15) is 5.11 Å². The first-order valence-corrected chi connectivity index (χ1v) is 7.30. The van der Waals surface area contributed by atoms with E-state index in [0.717, 1.165) is 48.4 Å². The molecule has 21 heavy (non-hydrogen) atoms. The van der Waals surface area contributed by atoms with Crippen LogP contribution in [0.5, 0.6) is 5.75 Å². The summed E-state index contributed by atoms with van der Waals surface area (Å²) < 4.78 is 5.38. The zero-order chi connectivity index (χ0) is 14.9. The van der Waals surface area contributed by atoms with Gasteiger partial charge in [-0.2, -0.15) is 0 Å². The summed E-state index contributed by atoms with van der Waals surface area (Å²) in [6, 6.07) is 5.90. The Morgan fingerprint density at radius 2 is 2.24 bits per heavy atom. The van der Waals surface area contributed by atoms with Gasteiger partial charge in [-0.1, -0.05) is 13.0 Å². The lowest BCUT2D eigenvalue weighted by molar-refractivity contribution is 0.123. The van der Waals surface area contributed by atoms with Crippen LogP contribution in [0.3, 0.4) is 0 Å². The number of piperidine rings is 1. The standard InChI is InChI=1S/C16H21N3O2/c1-16(10-20)7-4-8-19(9-16)15-12-5-3-6-13(21-2)14(12)17-11-18-15/h3,5-6,11,20H,4,7-10H2,1-2H3/t16-/m1/s1. The summed E-state index contributed by atoms with van der Waals surface area (Å²) in [7, 11) is 1.65. The van der Waals surface area contributed by atoms with Gasteiger partial charge in [0.2, 0.25) is 0 Å². The van der Waals surface area contributed by atoms with Crippen LogP contribution in [0.1, 0.15) is 19.8 Å². The molecule has 1 aromatic heterocycles. The number of aliphatic hydroxyl groups is 1. The molecule has 3 rings (SSSR count). The molecule has 1 aromatic carbocycles. The van der Waals surface area contributed by atoms with Gasteiger partial charge in [-0.05, 0) is 25.0 Å². The summed E-state index contributed by atoms with van der Waals surface area (Å²) in [5.41, 5.74) is 0.773. The summed E-state index contributed by atoms with van der Waals surface area (Å²) in [6.45, 7) is 4.10. The van der Waals surface area contributed by atoms with Crippen molar-refractivity contribution in [2.24, 2.45) is 5.41 Å². The number of fused-ring (bicyclic) bond motifs is 1. The zero-order valence-corrected chi connectivity index (χ0v) is 12.5. The molecular formula is C16H21N3O2. The lowest BCUT2D eigenvalue weighted by Gasteiger charge is -2.40. The first-order chi connectivity index (χ1) is 10.2. The fourth-order valence-electron chi connectivity index (χ4n) is 3.09. The highest BCUT2D eigenvalue weighted by Gasteiger charge is 2.31. The van der Waals surface area contributed by atoms with Crippen molar-refractivity contribution in [3.8, 4) is 5.75 Å². The first kappa shape index (κ1) is 14.1. The van der Waals surface area contributed by atoms with Gasteiger partial charge in [0, 0.05) is 23.9 Å². The van der Waals surface area contributed by atoms with Crippen LogP contribution in [-0.2, 0) is 0 Å². The lowest BCUT2D eigenvalue weighted by Crippen LogP contribution is -2.44. The minimum atomic E-state index is -0.0611. The van der Waals surface area contributed by atoms with Gasteiger partial charge in [0.1, 0.15) is 23.4 Å². The van der Waals surface area contributed by atoms with Gasteiger partial charge in [-0.15, -0.1) is 0 Å². The van der Waals surface area contributed by atoms with Crippen LogP contribution in [0, 0.1) is 5.41 Å². The Labute approximate surface area is 124 Å². The third-order valence-corrected chi connectivity index (χ3v) is 4.29. The molecule has 1 saturated heterocycles. The van der Waals surface area contributed by atoms with Crippen molar-refractivity contribution in [2.45, 2.75) is 19.8 Å². The molecule has 1 aliphatic rings. The third-order valence-electron chi connectivity index (χ3n) is 4.29. The number of aliphatic hydroxyl groups excluding tert-OH is 1. The molecule has 1 aliphatic heterocycles. The highest BCUT2D eigenvalue weighted by Crippen LogP contribution is 2.35. The minimum Gasteiger partial charge on any atom is -0.494 e. The number of methoxy groups -OCH3 is 1. The van der Waals surface area contributed by atoms with Crippen LogP contribution in [-0.4, -0.2) is 41.9 Å². The molecule has 0 unspecified atom stereocenters. The fraction of sp³-hybridized carbons (Fsp3) is 0.500. The molecule has 112 valence electrons. The molecule has 0 aliphatic carbocycles. The van der Waals surface area contributed by atoms with E-state index in [0.29, 0.717) is 0 Å². The summed E-state index contributed by atoms with van der Waals surface area (Å²) in [5, 5.41) is 10.6. The number of aromatic nitrogens is 2. The van der Waals surface area contributed by atoms with Gasteiger partial charge in [-0.25, -0.2) is 9.97 Å². The molecule has 1 N–H and O–H groups in total. The van der Waals surface area contributed by atoms with Crippen molar-refractivity contribution in [3.63, 3.8) is 0 Å². The Bertz CT molecular complexity index is 646. The first-order valence-electron chi connectivity index (χ1n) is 7.30. The predicted octanol–water partition coefficient (Wildman–Crippen LogP) is 2.24. The molecule has 2 aromatic rings. The maximum atomic E-state index is 9.63. The highest BCUT2D eigenvalue weighted by molar-refractivity contribution is 5.93. The number of nitrogens with zero attached hydrogens (tertiary/aromatic N) is 3. The lowest BCUT2D eigenvalue weighted by atomic mass is 9.83. The van der Waals surface area contributed by atoms with Gasteiger partial charge in [0.15, 0.2) is 0 Å². The number of rotatable bonds is 3. The second kappa shape index (κ2) is 5.48. The second-order valence-electron chi connectivity index (χ2n) is 6.05. The zero-order valence-electron chi connectivity index (χ0n) is 12.5. The monoisotopic (exact) mass is 287 g/mol. The Balaban J connectivity index is 2.04. The van der Waals surface area contributed by atoms with E-state index in [1.54, 1.807) is 13.4 Å². The quantitative estimate of drug-likeness (QED) is 0.938. The maximum absolute atomic E-state index is 9.63. The molecule has 1 fully saturated rings. The smallest absolute Gasteiger partial charge is 0.145 e. The van der Waals surface area contributed by atoms with Crippen LogP contribution in [0.4, 0.5) is 5.82 Å². The summed E-state index contributed by atoms with van der Waals surface area (Å²) in [6.07, 6.45) is 3.70. The molecule has 1 atom stereocenters. The summed E-state index contributed by atoms with van der Waals surface area (Å²) in [5.74, 6) is 1.69. The van der Waals surface area contributed by atoms with Crippen LogP contribution in [0.25, 0.3) is 10.9 Å². The van der Waals surface area contributed by atoms with E-state index in [4.69, 9.17) is 4.74 Å². The van der Waals surface area contributed by atoms with Crippen LogP contribution >= 0.6 is 0 Å². The van der Waals surface area contributed by atoms with Gasteiger partial charge in [-0.3, -0.25) is 0 Å². The number of benzene rings is 1. The number of ether oxygens (including phenoxy) is 1. The summed E-state index contributed by atoms with van der Waals surface area (Å²) in [4.78, 5) is 11.1. The van der Waals surface area contributed by atoms with Crippen molar-refractivity contribution in [2.75, 3.05) is 31.7 Å². The van der Waals surface area contributed by atoms with Crippen molar-refractivity contribution in [3.05, 3.63) is 24.5 Å². The van der Waals surface area contributed by atoms with Gasteiger partial charge in [0.25, 0.3) is 0 Å². The third kappa shape index (κ3) is 2.53. The van der Waals surface area contributed by atoms with Crippen molar-refractivity contribution in [1.29, 1.82) is 0 Å². The Hall–Kier alpha value is -1.88. The maximum Gasteiger partial charge on any atom is 0.145 e. The average Bonchev–Trinajstić information content (AvgIpc) is 2.53. The fourth-order valence-corrected chi connectivity index (χ4v) is 3.09. The highest BCUT2D eigenvalue weighted by atomic mass is 16.5. The number of anilines is 1. The molecule has 0 bridgehead atoms. The molecule has 0 amide bonds. The molecule has 0 radical (unpaired) electrons. The van der Waals surface area contributed by atoms with E-state index < -0.39 is 0 Å². The second-order valence-corrected chi connectivity index (χ2v) is 6.05. The Morgan fingerprint density at radius 1 is 1.38 bits per heavy atom. The van der Waals surface area contributed by atoms with Crippen molar-refractivity contribution in [1.82, 2.24) is 9.97 Å². The van der Waals surface area contributed by atoms with E-state index >= 15 is 0 Å². The van der Waals surface area contributed by atoms with Crippen molar-refractivity contribution >= 4 is 16.7 Å².